The summed E-state index contributed by atoms with van der Waals surface area (Å²) in [7, 11) is 0. The van der Waals surface area contributed by atoms with Gasteiger partial charge in [-0.05, 0) is 81.8 Å². The highest BCUT2D eigenvalue weighted by Gasteiger charge is 2.18. The Morgan fingerprint density at radius 1 is 1.07 bits per heavy atom. The van der Waals surface area contributed by atoms with E-state index < -0.39 is 5.97 Å². The van der Waals surface area contributed by atoms with Crippen molar-refractivity contribution in [2.45, 2.75) is 44.9 Å². The number of nitrogens with zero attached hydrogens (tertiary/aromatic N) is 2. The van der Waals surface area contributed by atoms with Crippen LogP contribution in [0.3, 0.4) is 0 Å². The van der Waals surface area contributed by atoms with Crippen LogP contribution in [-0.4, -0.2) is 40.6 Å². The maximum Gasteiger partial charge on any atom is 0.335 e. The molecule has 3 rings (SSSR count). The molecule has 4 nitrogen and oxygen atoms in total. The van der Waals surface area contributed by atoms with Crippen LogP contribution in [0.2, 0.25) is 0 Å². The number of aryl methyl sites for hydroxylation is 1. The molecule has 0 atom stereocenters. The number of aromatic nitrogens is 1. The van der Waals surface area contributed by atoms with Crippen molar-refractivity contribution >= 4 is 5.97 Å². The highest BCUT2D eigenvalue weighted by Crippen LogP contribution is 2.22. The van der Waals surface area contributed by atoms with Gasteiger partial charge in [-0.25, -0.2) is 4.79 Å². The van der Waals surface area contributed by atoms with E-state index in [0.29, 0.717) is 5.56 Å². The number of hydrogen-bond donors (Lipinski definition) is 1. The molecule has 1 saturated heterocycles. The molecule has 0 aliphatic carbocycles. The summed E-state index contributed by atoms with van der Waals surface area (Å²) in [6.07, 6.45) is 9.74. The van der Waals surface area contributed by atoms with Gasteiger partial charge in [0.15, 0.2) is 0 Å². The molecule has 2 aromatic rings. The molecule has 4 heteroatoms. The Bertz CT molecular complexity index is 709. The zero-order valence-electron chi connectivity index (χ0n) is 16.0. The molecule has 144 valence electrons. The summed E-state index contributed by atoms with van der Waals surface area (Å²) in [5.74, 6) is -0.0504. The van der Waals surface area contributed by atoms with Crippen molar-refractivity contribution in [3.63, 3.8) is 0 Å². The van der Waals surface area contributed by atoms with Crippen LogP contribution in [0.25, 0.3) is 0 Å². The number of carbonyl (C=O) groups is 1. The van der Waals surface area contributed by atoms with Crippen molar-refractivity contribution in [2.24, 2.45) is 5.92 Å². The number of hydrogen-bond acceptors (Lipinski definition) is 3. The molecule has 1 fully saturated rings. The maximum atomic E-state index is 11.0. The number of benzene rings is 1. The van der Waals surface area contributed by atoms with Crippen LogP contribution in [0.15, 0.2) is 48.7 Å². The van der Waals surface area contributed by atoms with Crippen LogP contribution in [0.4, 0.5) is 0 Å². The summed E-state index contributed by atoms with van der Waals surface area (Å²) < 4.78 is 0. The van der Waals surface area contributed by atoms with Gasteiger partial charge in [0.1, 0.15) is 0 Å². The van der Waals surface area contributed by atoms with Gasteiger partial charge in [0.05, 0.1) is 5.56 Å². The third kappa shape index (κ3) is 6.47. The Balaban J connectivity index is 1.28. The van der Waals surface area contributed by atoms with E-state index in [9.17, 15) is 4.79 Å². The zero-order chi connectivity index (χ0) is 18.9. The number of carboxylic acid groups (broad SMARTS) is 1. The first-order valence-corrected chi connectivity index (χ1v) is 10.2. The lowest BCUT2D eigenvalue weighted by Gasteiger charge is -2.32. The minimum absolute atomic E-state index is 0.332. The van der Waals surface area contributed by atoms with Gasteiger partial charge in [-0.2, -0.15) is 0 Å². The van der Waals surface area contributed by atoms with Crippen molar-refractivity contribution in [3.05, 3.63) is 65.5 Å². The van der Waals surface area contributed by atoms with Crippen molar-refractivity contribution in [2.75, 3.05) is 19.6 Å². The van der Waals surface area contributed by atoms with Crippen molar-refractivity contribution in [3.8, 4) is 0 Å². The number of rotatable bonds is 9. The van der Waals surface area contributed by atoms with Crippen LogP contribution in [0, 0.1) is 5.92 Å². The fourth-order valence-corrected chi connectivity index (χ4v) is 3.93. The Labute approximate surface area is 162 Å². The van der Waals surface area contributed by atoms with Crippen LogP contribution in [0.1, 0.15) is 53.7 Å². The molecule has 0 unspecified atom stereocenters. The molecular formula is C23H30N2O2. The van der Waals surface area contributed by atoms with Crippen LogP contribution in [-0.2, 0) is 12.8 Å². The first-order chi connectivity index (χ1) is 13.2. The van der Waals surface area contributed by atoms with E-state index in [1.165, 1.54) is 57.3 Å². The average Bonchev–Trinajstić information content (AvgIpc) is 2.70. The molecule has 1 aromatic heterocycles. The lowest BCUT2D eigenvalue weighted by atomic mass is 9.90. The van der Waals surface area contributed by atoms with E-state index in [1.807, 2.05) is 0 Å². The number of aromatic carboxylic acids is 1. The van der Waals surface area contributed by atoms with Gasteiger partial charge >= 0.3 is 5.97 Å². The zero-order valence-corrected chi connectivity index (χ0v) is 16.0. The van der Waals surface area contributed by atoms with Crippen LogP contribution < -0.4 is 0 Å². The van der Waals surface area contributed by atoms with E-state index in [2.05, 4.69) is 40.2 Å². The smallest absolute Gasteiger partial charge is 0.335 e. The third-order valence-electron chi connectivity index (χ3n) is 5.55. The first kappa shape index (κ1) is 19.6. The molecular weight excluding hydrogens is 336 g/mol. The van der Waals surface area contributed by atoms with Gasteiger partial charge in [-0.15, -0.1) is 0 Å². The number of unbranched alkanes of at least 4 members (excludes halogenated alkanes) is 2. The Kier molecular flexibility index (Phi) is 7.40. The molecule has 27 heavy (non-hydrogen) atoms. The minimum Gasteiger partial charge on any atom is -0.478 e. The van der Waals surface area contributed by atoms with Crippen LogP contribution >= 0.6 is 0 Å². The van der Waals surface area contributed by atoms with E-state index in [1.54, 1.807) is 18.3 Å². The average molecular weight is 367 g/mol. The molecule has 1 aromatic carbocycles. The molecule has 1 aliphatic heterocycles. The monoisotopic (exact) mass is 366 g/mol. The quantitative estimate of drug-likeness (QED) is 0.666. The van der Waals surface area contributed by atoms with E-state index >= 15 is 0 Å². The molecule has 0 spiro atoms. The fourth-order valence-electron chi connectivity index (χ4n) is 3.93. The number of likely N-dealkylation sites (tertiary alicyclic amines) is 1. The Morgan fingerprint density at radius 3 is 2.59 bits per heavy atom. The number of piperidine rings is 1. The van der Waals surface area contributed by atoms with Crippen molar-refractivity contribution < 1.29 is 9.90 Å². The Morgan fingerprint density at radius 2 is 1.85 bits per heavy atom. The molecule has 0 bridgehead atoms. The summed E-state index contributed by atoms with van der Waals surface area (Å²) in [5, 5.41) is 9.03. The predicted molar refractivity (Wildman–Crippen MR) is 108 cm³/mol. The maximum absolute atomic E-state index is 11.0. The highest BCUT2D eigenvalue weighted by atomic mass is 16.4. The lowest BCUT2D eigenvalue weighted by Crippen LogP contribution is -2.35. The lowest BCUT2D eigenvalue weighted by molar-refractivity contribution is 0.0696. The highest BCUT2D eigenvalue weighted by molar-refractivity contribution is 5.87. The molecule has 0 amide bonds. The van der Waals surface area contributed by atoms with Gasteiger partial charge < -0.3 is 10.0 Å². The van der Waals surface area contributed by atoms with E-state index in [4.69, 9.17) is 5.11 Å². The van der Waals surface area contributed by atoms with Gasteiger partial charge in [-0.3, -0.25) is 4.98 Å². The first-order valence-electron chi connectivity index (χ1n) is 10.2. The third-order valence-corrected chi connectivity index (χ3v) is 5.55. The van der Waals surface area contributed by atoms with E-state index in [0.717, 1.165) is 24.5 Å². The summed E-state index contributed by atoms with van der Waals surface area (Å²) in [4.78, 5) is 17.9. The number of pyridine rings is 1. The van der Waals surface area contributed by atoms with Gasteiger partial charge in [-0.1, -0.05) is 36.8 Å². The standard InChI is InChI=1S/C23H30N2O2/c26-23(27)21-10-13-24-22(18-21)9-5-2-6-14-25-15-11-20(12-16-25)17-19-7-3-1-4-8-19/h1,3-4,7-8,10,13,18,20H,2,5-6,9,11-12,14-17H2,(H,26,27). The van der Waals surface area contributed by atoms with Gasteiger partial charge in [0, 0.05) is 11.9 Å². The second-order valence-electron chi connectivity index (χ2n) is 7.63. The second kappa shape index (κ2) is 10.2. The normalized spacial score (nSPS) is 15.7. The summed E-state index contributed by atoms with van der Waals surface area (Å²) >= 11 is 0. The topological polar surface area (TPSA) is 53.4 Å². The van der Waals surface area contributed by atoms with Crippen LogP contribution in [0.5, 0.6) is 0 Å². The molecule has 0 saturated carbocycles. The molecule has 0 radical (unpaired) electrons. The summed E-state index contributed by atoms with van der Waals surface area (Å²) in [6, 6.07) is 14.1. The van der Waals surface area contributed by atoms with Gasteiger partial charge in [0.2, 0.25) is 0 Å². The SMILES string of the molecule is O=C(O)c1ccnc(CCCCCN2CCC(Cc3ccccc3)CC2)c1. The van der Waals surface area contributed by atoms with Gasteiger partial charge in [0.25, 0.3) is 0 Å². The predicted octanol–water partition coefficient (Wildman–Crippen LogP) is 4.45. The fraction of sp³-hybridized carbons (Fsp3) is 0.478. The Hall–Kier alpha value is -2.20. The molecule has 1 N–H and O–H groups in total. The summed E-state index contributed by atoms with van der Waals surface area (Å²) in [6.45, 7) is 3.63. The summed E-state index contributed by atoms with van der Waals surface area (Å²) in [5.41, 5.74) is 2.69. The second-order valence-corrected chi connectivity index (χ2v) is 7.63. The molecule has 2 heterocycles. The largest absolute Gasteiger partial charge is 0.478 e. The number of carboxylic acids is 1. The molecule has 1 aliphatic rings. The van der Waals surface area contributed by atoms with Crippen molar-refractivity contribution in [1.29, 1.82) is 0 Å². The van der Waals surface area contributed by atoms with Crippen molar-refractivity contribution in [1.82, 2.24) is 9.88 Å². The van der Waals surface area contributed by atoms with E-state index in [-0.39, 0.29) is 0 Å². The minimum atomic E-state index is -0.880.